The molecule has 0 saturated carbocycles. The molecule has 0 unspecified atom stereocenters. The normalized spacial score (nSPS) is 17.8. The molecule has 1 N–H and O–H groups in total. The molecule has 2 saturated heterocycles. The van der Waals surface area contributed by atoms with E-state index in [-0.39, 0.29) is 23.9 Å². The summed E-state index contributed by atoms with van der Waals surface area (Å²) in [5, 5.41) is 3.65. The fourth-order valence-corrected chi connectivity index (χ4v) is 5.52. The van der Waals surface area contributed by atoms with E-state index in [4.69, 9.17) is 16.3 Å². The lowest BCUT2D eigenvalue weighted by Gasteiger charge is -2.32. The van der Waals surface area contributed by atoms with E-state index in [2.05, 4.69) is 39.4 Å². The van der Waals surface area contributed by atoms with Gasteiger partial charge in [-0.1, -0.05) is 54.1 Å². The van der Waals surface area contributed by atoms with Crippen molar-refractivity contribution in [1.82, 2.24) is 15.1 Å². The highest BCUT2D eigenvalue weighted by atomic mass is 35.5. The van der Waals surface area contributed by atoms with Crippen molar-refractivity contribution >= 4 is 17.5 Å². The Morgan fingerprint density at radius 3 is 2.08 bits per heavy atom. The van der Waals surface area contributed by atoms with Crippen LogP contribution in [0.3, 0.4) is 0 Å². The molecular formula is C31H35ClFN3O2. The van der Waals surface area contributed by atoms with Crippen LogP contribution in [0.5, 0.6) is 5.75 Å². The topological polar surface area (TPSA) is 44.8 Å². The average molecular weight is 536 g/mol. The van der Waals surface area contributed by atoms with Crippen LogP contribution in [-0.2, 0) is 13.1 Å². The third-order valence-electron chi connectivity index (χ3n) is 7.51. The first-order valence-corrected chi connectivity index (χ1v) is 13.9. The Morgan fingerprint density at radius 1 is 0.842 bits per heavy atom. The van der Waals surface area contributed by atoms with Gasteiger partial charge in [0.1, 0.15) is 17.7 Å². The van der Waals surface area contributed by atoms with E-state index in [1.807, 2.05) is 24.3 Å². The fourth-order valence-electron chi connectivity index (χ4n) is 5.30. The van der Waals surface area contributed by atoms with Crippen LogP contribution in [0.2, 0.25) is 5.02 Å². The second kappa shape index (κ2) is 12.7. The molecule has 2 heterocycles. The SMILES string of the molecule is O=C(NC1CCN(Cc2ccccc2)CC1)c1ccc(OC2CCN(Cc3ccc(F)cc3)CC2)c(Cl)c1. The lowest BCUT2D eigenvalue weighted by atomic mass is 10.0. The van der Waals surface area contributed by atoms with E-state index in [0.717, 1.165) is 70.5 Å². The van der Waals surface area contributed by atoms with Crippen LogP contribution in [0.4, 0.5) is 4.39 Å². The summed E-state index contributed by atoms with van der Waals surface area (Å²) in [5.74, 6) is 0.324. The molecule has 7 heteroatoms. The maximum absolute atomic E-state index is 13.1. The number of rotatable bonds is 8. The third kappa shape index (κ3) is 7.34. The molecule has 0 spiro atoms. The maximum atomic E-state index is 13.1. The summed E-state index contributed by atoms with van der Waals surface area (Å²) in [5.41, 5.74) is 2.99. The Kier molecular flexibility index (Phi) is 8.94. The molecule has 5 nitrogen and oxygen atoms in total. The van der Waals surface area contributed by atoms with Gasteiger partial charge in [0.2, 0.25) is 0 Å². The van der Waals surface area contributed by atoms with Gasteiger partial charge in [-0.05, 0) is 67.1 Å². The van der Waals surface area contributed by atoms with Gasteiger partial charge in [-0.25, -0.2) is 4.39 Å². The van der Waals surface area contributed by atoms with E-state index < -0.39 is 0 Å². The molecule has 0 atom stereocenters. The fraction of sp³-hybridized carbons (Fsp3) is 0.387. The zero-order chi connectivity index (χ0) is 26.3. The van der Waals surface area contributed by atoms with Crippen LogP contribution in [0.15, 0.2) is 72.8 Å². The van der Waals surface area contributed by atoms with E-state index >= 15 is 0 Å². The number of ether oxygens (including phenoxy) is 1. The molecule has 0 bridgehead atoms. The van der Waals surface area contributed by atoms with Crippen LogP contribution >= 0.6 is 11.6 Å². The molecule has 0 aromatic heterocycles. The average Bonchev–Trinajstić information content (AvgIpc) is 2.94. The third-order valence-corrected chi connectivity index (χ3v) is 7.81. The van der Waals surface area contributed by atoms with Crippen molar-refractivity contribution in [2.45, 2.75) is 50.9 Å². The first kappa shape index (κ1) is 26.7. The van der Waals surface area contributed by atoms with Gasteiger partial charge in [-0.2, -0.15) is 0 Å². The number of nitrogens with one attached hydrogen (secondary N) is 1. The minimum absolute atomic E-state index is 0.0812. The number of carbonyl (C=O) groups excluding carboxylic acids is 1. The number of hydrogen-bond donors (Lipinski definition) is 1. The number of likely N-dealkylation sites (tertiary alicyclic amines) is 2. The number of piperidine rings is 2. The molecule has 2 fully saturated rings. The molecule has 0 radical (unpaired) electrons. The smallest absolute Gasteiger partial charge is 0.251 e. The summed E-state index contributed by atoms with van der Waals surface area (Å²) in [6.45, 7) is 5.51. The molecule has 3 aromatic rings. The first-order valence-electron chi connectivity index (χ1n) is 13.5. The Labute approximate surface area is 229 Å². The van der Waals surface area contributed by atoms with Crippen LogP contribution < -0.4 is 10.1 Å². The van der Waals surface area contributed by atoms with Gasteiger partial charge in [-0.3, -0.25) is 14.6 Å². The summed E-state index contributed by atoms with van der Waals surface area (Å²) in [6, 6.07) is 22.7. The van der Waals surface area contributed by atoms with Gasteiger partial charge in [0.15, 0.2) is 0 Å². The summed E-state index contributed by atoms with van der Waals surface area (Å²) < 4.78 is 19.3. The van der Waals surface area contributed by atoms with Gasteiger partial charge in [0.25, 0.3) is 5.91 Å². The second-order valence-electron chi connectivity index (χ2n) is 10.4. The zero-order valence-electron chi connectivity index (χ0n) is 21.6. The van der Waals surface area contributed by atoms with Crippen molar-refractivity contribution in [2.24, 2.45) is 0 Å². The van der Waals surface area contributed by atoms with Gasteiger partial charge in [0, 0.05) is 50.9 Å². The van der Waals surface area contributed by atoms with Gasteiger partial charge >= 0.3 is 0 Å². The molecule has 1 amide bonds. The molecule has 2 aliphatic rings. The Bertz CT molecular complexity index is 1190. The number of benzene rings is 3. The summed E-state index contributed by atoms with van der Waals surface area (Å²) in [6.07, 6.45) is 3.74. The van der Waals surface area contributed by atoms with Crippen molar-refractivity contribution < 1.29 is 13.9 Å². The van der Waals surface area contributed by atoms with E-state index in [1.54, 1.807) is 12.1 Å². The van der Waals surface area contributed by atoms with E-state index in [9.17, 15) is 9.18 Å². The number of amides is 1. The monoisotopic (exact) mass is 535 g/mol. The van der Waals surface area contributed by atoms with Crippen LogP contribution in [0.1, 0.15) is 47.2 Å². The van der Waals surface area contributed by atoms with Crippen LogP contribution in [0.25, 0.3) is 0 Å². The molecule has 3 aromatic carbocycles. The predicted molar refractivity (Wildman–Crippen MR) is 149 cm³/mol. The molecular weight excluding hydrogens is 501 g/mol. The van der Waals surface area contributed by atoms with Crippen LogP contribution in [-0.4, -0.2) is 54.0 Å². The van der Waals surface area contributed by atoms with Crippen molar-refractivity contribution in [2.75, 3.05) is 26.2 Å². The molecule has 2 aliphatic heterocycles. The summed E-state index contributed by atoms with van der Waals surface area (Å²) >= 11 is 6.53. The standard InChI is InChI=1S/C31H35ClFN3O2/c32-29-20-25(31(37)34-27-12-16-35(17-13-27)21-23-4-2-1-3-5-23)8-11-30(29)38-28-14-18-36(19-15-28)22-24-6-9-26(33)10-7-24/h1-11,20,27-28H,12-19,21-22H2,(H,34,37). The van der Waals surface area contributed by atoms with Gasteiger partial charge < -0.3 is 10.1 Å². The van der Waals surface area contributed by atoms with Gasteiger partial charge in [0.05, 0.1) is 5.02 Å². The largest absolute Gasteiger partial charge is 0.489 e. The number of halogens is 2. The number of nitrogens with zero attached hydrogens (tertiary/aromatic N) is 2. The minimum atomic E-state index is -0.207. The molecule has 5 rings (SSSR count). The Morgan fingerprint density at radius 2 is 1.45 bits per heavy atom. The lowest BCUT2D eigenvalue weighted by Crippen LogP contribution is -2.44. The lowest BCUT2D eigenvalue weighted by molar-refractivity contribution is 0.0908. The minimum Gasteiger partial charge on any atom is -0.489 e. The maximum Gasteiger partial charge on any atom is 0.251 e. The Hall–Kier alpha value is -2.93. The van der Waals surface area contributed by atoms with Gasteiger partial charge in [-0.15, -0.1) is 0 Å². The highest BCUT2D eigenvalue weighted by Gasteiger charge is 2.23. The zero-order valence-corrected chi connectivity index (χ0v) is 22.4. The van der Waals surface area contributed by atoms with Crippen molar-refractivity contribution in [3.05, 3.63) is 100 Å². The highest BCUT2D eigenvalue weighted by Crippen LogP contribution is 2.29. The quantitative estimate of drug-likeness (QED) is 0.389. The summed E-state index contributed by atoms with van der Waals surface area (Å²) in [7, 11) is 0. The summed E-state index contributed by atoms with van der Waals surface area (Å²) in [4.78, 5) is 17.7. The number of hydrogen-bond acceptors (Lipinski definition) is 4. The van der Waals surface area contributed by atoms with E-state index in [0.29, 0.717) is 16.3 Å². The van der Waals surface area contributed by atoms with E-state index in [1.165, 1.54) is 17.7 Å². The van der Waals surface area contributed by atoms with Crippen LogP contribution in [0, 0.1) is 5.82 Å². The van der Waals surface area contributed by atoms with Crippen molar-refractivity contribution in [3.8, 4) is 5.75 Å². The highest BCUT2D eigenvalue weighted by molar-refractivity contribution is 6.32. The predicted octanol–water partition coefficient (Wildman–Crippen LogP) is 5.92. The van der Waals surface area contributed by atoms with Crippen molar-refractivity contribution in [3.63, 3.8) is 0 Å². The second-order valence-corrected chi connectivity index (χ2v) is 10.8. The first-order chi connectivity index (χ1) is 18.5. The molecule has 0 aliphatic carbocycles. The molecule has 200 valence electrons. The molecule has 38 heavy (non-hydrogen) atoms. The van der Waals surface area contributed by atoms with Crippen molar-refractivity contribution in [1.29, 1.82) is 0 Å². The Balaban J connectivity index is 1.06. The number of carbonyl (C=O) groups is 1.